The van der Waals surface area contributed by atoms with E-state index in [1.165, 1.54) is 25.7 Å². The number of aliphatic imine (C=N–C) groups is 1. The Morgan fingerprint density at radius 3 is 2.72 bits per heavy atom. The number of pyridine rings is 1. The van der Waals surface area contributed by atoms with Crippen LogP contribution in [0.15, 0.2) is 23.3 Å². The fourth-order valence-electron chi connectivity index (χ4n) is 3.36. The molecule has 1 aromatic heterocycles. The number of hydrogen-bond acceptors (Lipinski definition) is 3. The Labute approximate surface area is 156 Å². The molecular formula is C19H31ClN4O. The zero-order valence-corrected chi connectivity index (χ0v) is 16.2. The first-order valence-electron chi connectivity index (χ1n) is 9.38. The molecule has 0 atom stereocenters. The molecule has 0 radical (unpaired) electrons. The summed E-state index contributed by atoms with van der Waals surface area (Å²) in [4.78, 5) is 8.79. The number of hydrogen-bond donors (Lipinski definition) is 2. The average Bonchev–Trinajstić information content (AvgIpc) is 3.08. The lowest BCUT2D eigenvalue weighted by Crippen LogP contribution is -2.43. The minimum Gasteiger partial charge on any atom is -0.382 e. The molecule has 1 aromatic rings. The molecule has 1 aliphatic rings. The van der Waals surface area contributed by atoms with Crippen LogP contribution in [0.5, 0.6) is 0 Å². The minimum absolute atomic E-state index is 0.340. The Kier molecular flexibility index (Phi) is 8.49. The lowest BCUT2D eigenvalue weighted by atomic mass is 9.83. The summed E-state index contributed by atoms with van der Waals surface area (Å²) < 4.78 is 5.60. The fraction of sp³-hybridized carbons (Fsp3) is 0.684. The summed E-state index contributed by atoms with van der Waals surface area (Å²) in [5, 5.41) is 7.39. The van der Waals surface area contributed by atoms with Gasteiger partial charge in [0, 0.05) is 32.5 Å². The molecule has 0 aliphatic heterocycles. The van der Waals surface area contributed by atoms with Gasteiger partial charge in [-0.2, -0.15) is 0 Å². The van der Waals surface area contributed by atoms with Crippen LogP contribution in [0.4, 0.5) is 0 Å². The molecule has 25 heavy (non-hydrogen) atoms. The van der Waals surface area contributed by atoms with E-state index < -0.39 is 0 Å². The van der Waals surface area contributed by atoms with Crippen molar-refractivity contribution in [2.75, 3.05) is 26.3 Å². The van der Waals surface area contributed by atoms with Gasteiger partial charge in [0.1, 0.15) is 5.15 Å². The van der Waals surface area contributed by atoms with Crippen LogP contribution < -0.4 is 10.6 Å². The third-order valence-corrected chi connectivity index (χ3v) is 5.05. The van der Waals surface area contributed by atoms with Crippen molar-refractivity contribution in [3.05, 3.63) is 29.0 Å². The monoisotopic (exact) mass is 366 g/mol. The normalized spacial score (nSPS) is 16.8. The molecule has 0 bridgehead atoms. The van der Waals surface area contributed by atoms with Crippen LogP contribution >= 0.6 is 11.6 Å². The number of nitrogens with one attached hydrogen (secondary N) is 2. The summed E-state index contributed by atoms with van der Waals surface area (Å²) in [5.74, 6) is 0.861. The molecule has 1 saturated carbocycles. The van der Waals surface area contributed by atoms with Crippen LogP contribution in [0.3, 0.4) is 0 Å². The standard InChI is InChI=1S/C19H31ClN4O/c1-3-21-18(23-14-16-7-8-17(20)22-13-16)24-15-19(9-5-6-10-19)11-12-25-4-2/h7-8,13H,3-6,9-12,14-15H2,1-2H3,(H2,21,23,24). The molecule has 0 spiro atoms. The van der Waals surface area contributed by atoms with Crippen molar-refractivity contribution in [3.63, 3.8) is 0 Å². The highest BCUT2D eigenvalue weighted by Crippen LogP contribution is 2.40. The molecule has 1 aliphatic carbocycles. The van der Waals surface area contributed by atoms with E-state index in [1.54, 1.807) is 12.3 Å². The van der Waals surface area contributed by atoms with Crippen LogP contribution in [-0.4, -0.2) is 37.2 Å². The Morgan fingerprint density at radius 1 is 1.28 bits per heavy atom. The molecule has 1 heterocycles. The number of ether oxygens (including phenoxy) is 1. The maximum Gasteiger partial charge on any atom is 0.191 e. The van der Waals surface area contributed by atoms with Crippen LogP contribution in [0, 0.1) is 5.41 Å². The number of rotatable bonds is 9. The number of nitrogens with zero attached hydrogens (tertiary/aromatic N) is 2. The number of guanidine groups is 1. The van der Waals surface area contributed by atoms with Crippen molar-refractivity contribution in [2.24, 2.45) is 10.4 Å². The van der Waals surface area contributed by atoms with Crippen LogP contribution in [0.1, 0.15) is 51.5 Å². The van der Waals surface area contributed by atoms with Crippen molar-refractivity contribution < 1.29 is 4.74 Å². The lowest BCUT2D eigenvalue weighted by molar-refractivity contribution is 0.105. The van der Waals surface area contributed by atoms with Gasteiger partial charge in [-0.25, -0.2) is 9.98 Å². The molecule has 0 saturated heterocycles. The first kappa shape index (κ1) is 20.0. The largest absolute Gasteiger partial charge is 0.382 e. The second kappa shape index (κ2) is 10.6. The first-order valence-corrected chi connectivity index (χ1v) is 9.75. The molecule has 1 fully saturated rings. The third-order valence-electron chi connectivity index (χ3n) is 4.83. The lowest BCUT2D eigenvalue weighted by Gasteiger charge is -2.30. The van der Waals surface area contributed by atoms with E-state index in [1.807, 2.05) is 6.07 Å². The van der Waals surface area contributed by atoms with E-state index in [0.29, 0.717) is 17.1 Å². The zero-order valence-electron chi connectivity index (χ0n) is 15.5. The Balaban J connectivity index is 1.92. The highest BCUT2D eigenvalue weighted by atomic mass is 35.5. The van der Waals surface area contributed by atoms with Crippen LogP contribution in [0.25, 0.3) is 0 Å². The second-order valence-corrected chi connectivity index (χ2v) is 7.08. The van der Waals surface area contributed by atoms with Gasteiger partial charge >= 0.3 is 0 Å². The summed E-state index contributed by atoms with van der Waals surface area (Å²) in [7, 11) is 0. The summed E-state index contributed by atoms with van der Waals surface area (Å²) in [5.41, 5.74) is 1.39. The third kappa shape index (κ3) is 6.83. The van der Waals surface area contributed by atoms with E-state index >= 15 is 0 Å². The summed E-state index contributed by atoms with van der Waals surface area (Å²) in [6, 6.07) is 3.76. The van der Waals surface area contributed by atoms with Gasteiger partial charge in [-0.15, -0.1) is 0 Å². The van der Waals surface area contributed by atoms with Crippen LogP contribution in [0.2, 0.25) is 5.15 Å². The van der Waals surface area contributed by atoms with Crippen LogP contribution in [-0.2, 0) is 11.3 Å². The summed E-state index contributed by atoms with van der Waals surface area (Å²) in [6.07, 6.45) is 8.07. The van der Waals surface area contributed by atoms with Gasteiger partial charge < -0.3 is 15.4 Å². The maximum atomic E-state index is 5.83. The Hall–Kier alpha value is -1.33. The van der Waals surface area contributed by atoms with Crippen molar-refractivity contribution in [2.45, 2.75) is 52.5 Å². The SMILES string of the molecule is CCNC(=NCc1ccc(Cl)nc1)NCC1(CCOCC)CCCC1. The molecular weight excluding hydrogens is 336 g/mol. The van der Waals surface area contributed by atoms with Gasteiger partial charge in [0.15, 0.2) is 5.96 Å². The van der Waals surface area contributed by atoms with E-state index in [4.69, 9.17) is 16.3 Å². The van der Waals surface area contributed by atoms with Gasteiger partial charge in [0.2, 0.25) is 0 Å². The molecule has 6 heteroatoms. The topological polar surface area (TPSA) is 58.5 Å². The van der Waals surface area contributed by atoms with Crippen molar-refractivity contribution in [1.29, 1.82) is 0 Å². The molecule has 5 nitrogen and oxygen atoms in total. The smallest absolute Gasteiger partial charge is 0.191 e. The quantitative estimate of drug-likeness (QED) is 0.302. The highest BCUT2D eigenvalue weighted by molar-refractivity contribution is 6.29. The Bertz CT molecular complexity index is 527. The van der Waals surface area contributed by atoms with Crippen molar-refractivity contribution in [3.8, 4) is 0 Å². The van der Waals surface area contributed by atoms with Gasteiger partial charge in [0.05, 0.1) is 6.54 Å². The number of aromatic nitrogens is 1. The van der Waals surface area contributed by atoms with E-state index in [2.05, 4.69) is 34.5 Å². The predicted octanol–water partition coefficient (Wildman–Crippen LogP) is 3.78. The minimum atomic E-state index is 0.340. The van der Waals surface area contributed by atoms with Gasteiger partial charge in [0.25, 0.3) is 0 Å². The van der Waals surface area contributed by atoms with Gasteiger partial charge in [-0.1, -0.05) is 30.5 Å². The highest BCUT2D eigenvalue weighted by Gasteiger charge is 2.33. The zero-order chi connectivity index (χ0) is 18.0. The molecule has 140 valence electrons. The predicted molar refractivity (Wildman–Crippen MR) is 104 cm³/mol. The second-order valence-electron chi connectivity index (χ2n) is 6.69. The summed E-state index contributed by atoms with van der Waals surface area (Å²) in [6.45, 7) is 8.17. The average molecular weight is 367 g/mol. The van der Waals surface area contributed by atoms with Gasteiger partial charge in [-0.3, -0.25) is 0 Å². The molecule has 0 aromatic carbocycles. The first-order chi connectivity index (χ1) is 12.2. The number of halogens is 1. The molecule has 2 N–H and O–H groups in total. The van der Waals surface area contributed by atoms with E-state index in [9.17, 15) is 0 Å². The van der Waals surface area contributed by atoms with E-state index in [0.717, 1.165) is 44.2 Å². The molecule has 0 unspecified atom stereocenters. The van der Waals surface area contributed by atoms with E-state index in [-0.39, 0.29) is 0 Å². The van der Waals surface area contributed by atoms with Crippen molar-refractivity contribution >= 4 is 17.6 Å². The fourth-order valence-corrected chi connectivity index (χ4v) is 3.47. The summed E-state index contributed by atoms with van der Waals surface area (Å²) >= 11 is 5.83. The Morgan fingerprint density at radius 2 is 2.08 bits per heavy atom. The maximum absolute atomic E-state index is 5.83. The molecule has 0 amide bonds. The molecule has 2 rings (SSSR count). The van der Waals surface area contributed by atoms with Crippen molar-refractivity contribution in [1.82, 2.24) is 15.6 Å². The van der Waals surface area contributed by atoms with Gasteiger partial charge in [-0.05, 0) is 50.2 Å².